The van der Waals surface area contributed by atoms with Crippen molar-refractivity contribution in [3.05, 3.63) is 59.9 Å². The number of carbonyl (C=O) groups excluding carboxylic acids is 1. The van der Waals surface area contributed by atoms with Crippen LogP contribution in [0.15, 0.2) is 53.4 Å². The Kier molecular flexibility index (Phi) is 5.48. The van der Waals surface area contributed by atoms with Crippen LogP contribution in [-0.2, 0) is 14.8 Å². The summed E-state index contributed by atoms with van der Waals surface area (Å²) in [7, 11) is -3.95. The van der Waals surface area contributed by atoms with Crippen LogP contribution in [0.5, 0.6) is 0 Å². The van der Waals surface area contributed by atoms with Crippen LogP contribution in [0.1, 0.15) is 24.2 Å². The molecule has 0 spiro atoms. The van der Waals surface area contributed by atoms with Crippen molar-refractivity contribution in [1.29, 1.82) is 0 Å². The summed E-state index contributed by atoms with van der Waals surface area (Å²) in [5.41, 5.74) is 0.433. The average molecular weight is 392 g/mol. The molecule has 1 N–H and O–H groups in total. The number of rotatable bonds is 4. The van der Waals surface area contributed by atoms with Crippen molar-refractivity contribution in [3.63, 3.8) is 0 Å². The zero-order valence-electron chi connectivity index (χ0n) is 15.1. The van der Waals surface area contributed by atoms with Gasteiger partial charge in [0, 0.05) is 13.1 Å². The Morgan fingerprint density at radius 2 is 1.67 bits per heavy atom. The summed E-state index contributed by atoms with van der Waals surface area (Å²) >= 11 is 0. The van der Waals surface area contributed by atoms with Gasteiger partial charge in [0.25, 0.3) is 15.9 Å². The summed E-state index contributed by atoms with van der Waals surface area (Å²) in [4.78, 5) is 14.5. The Morgan fingerprint density at radius 3 is 2.30 bits per heavy atom. The molecule has 1 aliphatic rings. The van der Waals surface area contributed by atoms with E-state index >= 15 is 0 Å². The van der Waals surface area contributed by atoms with Gasteiger partial charge in [0.05, 0.1) is 28.4 Å². The number of nitrogens with one attached hydrogen (secondary N) is 1. The van der Waals surface area contributed by atoms with E-state index < -0.39 is 15.8 Å². The van der Waals surface area contributed by atoms with Crippen molar-refractivity contribution in [2.45, 2.75) is 31.0 Å². The quantitative estimate of drug-likeness (QED) is 0.868. The molecule has 0 radical (unpaired) electrons. The Bertz CT molecular complexity index is 921. The topological polar surface area (TPSA) is 75.7 Å². The van der Waals surface area contributed by atoms with E-state index in [9.17, 15) is 17.6 Å². The lowest BCUT2D eigenvalue weighted by Gasteiger charge is -2.35. The second kappa shape index (κ2) is 7.66. The minimum atomic E-state index is -3.95. The van der Waals surface area contributed by atoms with E-state index in [1.807, 2.05) is 13.8 Å². The van der Waals surface area contributed by atoms with Crippen molar-refractivity contribution >= 4 is 21.6 Å². The largest absolute Gasteiger partial charge is 0.372 e. The molecule has 1 fully saturated rings. The fourth-order valence-corrected chi connectivity index (χ4v) is 4.17. The lowest BCUT2D eigenvalue weighted by Crippen LogP contribution is -2.48. The van der Waals surface area contributed by atoms with Gasteiger partial charge >= 0.3 is 0 Å². The van der Waals surface area contributed by atoms with E-state index in [1.165, 1.54) is 18.2 Å². The number of morpholine rings is 1. The van der Waals surface area contributed by atoms with Crippen molar-refractivity contribution in [2.75, 3.05) is 17.8 Å². The highest BCUT2D eigenvalue weighted by atomic mass is 32.2. The van der Waals surface area contributed by atoms with Gasteiger partial charge in [-0.2, -0.15) is 0 Å². The van der Waals surface area contributed by atoms with Crippen molar-refractivity contribution in [3.8, 4) is 0 Å². The van der Waals surface area contributed by atoms with E-state index in [-0.39, 0.29) is 34.3 Å². The highest BCUT2D eigenvalue weighted by molar-refractivity contribution is 7.92. The van der Waals surface area contributed by atoms with Gasteiger partial charge in [0.1, 0.15) is 5.82 Å². The number of sulfonamides is 1. The first-order valence-corrected chi connectivity index (χ1v) is 10.1. The molecule has 6 nitrogen and oxygen atoms in total. The molecule has 2 aromatic carbocycles. The van der Waals surface area contributed by atoms with Crippen LogP contribution < -0.4 is 4.72 Å². The lowest BCUT2D eigenvalue weighted by molar-refractivity contribution is -0.0585. The van der Waals surface area contributed by atoms with Crippen LogP contribution in [0.3, 0.4) is 0 Å². The van der Waals surface area contributed by atoms with E-state index in [0.29, 0.717) is 13.1 Å². The number of para-hydroxylation sites is 1. The normalized spacial score (nSPS) is 20.3. The second-order valence-electron chi connectivity index (χ2n) is 6.57. The third-order valence-electron chi connectivity index (χ3n) is 4.23. The molecule has 8 heteroatoms. The first-order chi connectivity index (χ1) is 12.8. The van der Waals surface area contributed by atoms with E-state index in [0.717, 1.165) is 12.1 Å². The summed E-state index contributed by atoms with van der Waals surface area (Å²) in [5.74, 6) is -0.797. The van der Waals surface area contributed by atoms with Crippen molar-refractivity contribution in [2.24, 2.45) is 0 Å². The molecule has 0 unspecified atom stereocenters. The van der Waals surface area contributed by atoms with E-state index in [1.54, 1.807) is 23.1 Å². The Morgan fingerprint density at radius 1 is 1.07 bits per heavy atom. The Labute approximate surface area is 158 Å². The molecule has 1 heterocycles. The first kappa shape index (κ1) is 19.3. The van der Waals surface area contributed by atoms with Gasteiger partial charge in [-0.3, -0.25) is 9.52 Å². The maximum atomic E-state index is 13.1. The number of benzene rings is 2. The number of ether oxygens (including phenoxy) is 1. The molecule has 2 aromatic rings. The zero-order chi connectivity index (χ0) is 19.6. The van der Waals surface area contributed by atoms with Crippen molar-refractivity contribution < 1.29 is 22.3 Å². The molecule has 0 bridgehead atoms. The van der Waals surface area contributed by atoms with Crippen LogP contribution in [-0.4, -0.2) is 44.5 Å². The van der Waals surface area contributed by atoms with Crippen LogP contribution in [0.25, 0.3) is 0 Å². The average Bonchev–Trinajstić information content (AvgIpc) is 2.61. The standard InChI is InChI=1S/C19H21FN2O4S/c1-13-11-22(12-14(2)26-13)19(23)17-5-3-4-6-18(17)21-27(24,25)16-9-7-15(20)8-10-16/h3-10,13-14,21H,11-12H2,1-2H3/t13-,14-/m1/s1. The summed E-state index contributed by atoms with van der Waals surface area (Å²) in [5, 5.41) is 0. The molecule has 0 saturated carbocycles. The number of amides is 1. The molecule has 1 saturated heterocycles. The predicted molar refractivity (Wildman–Crippen MR) is 99.6 cm³/mol. The monoisotopic (exact) mass is 392 g/mol. The van der Waals surface area contributed by atoms with Crippen LogP contribution in [0.2, 0.25) is 0 Å². The maximum absolute atomic E-state index is 13.1. The number of hydrogen-bond acceptors (Lipinski definition) is 4. The predicted octanol–water partition coefficient (Wildman–Crippen LogP) is 2.88. The van der Waals surface area contributed by atoms with Crippen molar-refractivity contribution in [1.82, 2.24) is 4.90 Å². The molecule has 1 aliphatic heterocycles. The fraction of sp³-hybridized carbons (Fsp3) is 0.316. The molecule has 27 heavy (non-hydrogen) atoms. The van der Waals surface area contributed by atoms with Crippen LogP contribution in [0, 0.1) is 5.82 Å². The third kappa shape index (κ3) is 4.45. The van der Waals surface area contributed by atoms with Gasteiger partial charge in [-0.15, -0.1) is 0 Å². The second-order valence-corrected chi connectivity index (χ2v) is 8.25. The van der Waals surface area contributed by atoms with Crippen LogP contribution in [0.4, 0.5) is 10.1 Å². The molecule has 0 aromatic heterocycles. The highest BCUT2D eigenvalue weighted by Gasteiger charge is 2.28. The molecule has 144 valence electrons. The lowest BCUT2D eigenvalue weighted by atomic mass is 10.1. The minimum absolute atomic E-state index is 0.0835. The van der Waals surface area contributed by atoms with Crippen LogP contribution >= 0.6 is 0 Å². The summed E-state index contributed by atoms with van der Waals surface area (Å²) < 4.78 is 46.3. The van der Waals surface area contributed by atoms with E-state index in [4.69, 9.17) is 4.74 Å². The Hall–Kier alpha value is -2.45. The molecule has 2 atom stereocenters. The van der Waals surface area contributed by atoms with Gasteiger partial charge in [0.2, 0.25) is 0 Å². The number of halogens is 1. The van der Waals surface area contributed by atoms with Gasteiger partial charge in [-0.05, 0) is 50.2 Å². The SMILES string of the molecule is C[C@@H]1CN(C(=O)c2ccccc2NS(=O)(=O)c2ccc(F)cc2)C[C@@H](C)O1. The highest BCUT2D eigenvalue weighted by Crippen LogP contribution is 2.23. The molecular weight excluding hydrogens is 371 g/mol. The molecule has 3 rings (SSSR count). The van der Waals surface area contributed by atoms with E-state index in [2.05, 4.69) is 4.72 Å². The van der Waals surface area contributed by atoms with Gasteiger partial charge in [0.15, 0.2) is 0 Å². The summed E-state index contributed by atoms with van der Waals surface area (Å²) in [6, 6.07) is 10.9. The zero-order valence-corrected chi connectivity index (χ0v) is 15.9. The molecule has 0 aliphatic carbocycles. The summed E-state index contributed by atoms with van der Waals surface area (Å²) in [6.07, 6.45) is -0.193. The van der Waals surface area contributed by atoms with Gasteiger partial charge in [-0.1, -0.05) is 12.1 Å². The van der Waals surface area contributed by atoms with Gasteiger partial charge < -0.3 is 9.64 Å². The first-order valence-electron chi connectivity index (χ1n) is 8.58. The smallest absolute Gasteiger partial charge is 0.261 e. The fourth-order valence-electron chi connectivity index (χ4n) is 3.09. The molecule has 1 amide bonds. The molecular formula is C19H21FN2O4S. The number of anilines is 1. The third-order valence-corrected chi connectivity index (χ3v) is 5.61. The Balaban J connectivity index is 1.88. The number of nitrogens with zero attached hydrogens (tertiary/aromatic N) is 1. The number of carbonyl (C=O) groups is 1. The number of hydrogen-bond donors (Lipinski definition) is 1. The summed E-state index contributed by atoms with van der Waals surface area (Å²) in [6.45, 7) is 4.64. The minimum Gasteiger partial charge on any atom is -0.372 e. The van der Waals surface area contributed by atoms with Gasteiger partial charge in [-0.25, -0.2) is 12.8 Å². The maximum Gasteiger partial charge on any atom is 0.261 e.